The van der Waals surface area contributed by atoms with Gasteiger partial charge in [0.05, 0.1) is 0 Å². The van der Waals surface area contributed by atoms with Gasteiger partial charge in [0.1, 0.15) is 0 Å². The maximum atomic E-state index is 10.6. The van der Waals surface area contributed by atoms with Crippen LogP contribution in [0.25, 0.3) is 0 Å². The number of carbonyl (C=O) groups excluding carboxylic acids is 1. The molecular weight excluding hydrogens is 176 g/mol. The van der Waals surface area contributed by atoms with Gasteiger partial charge in [-0.3, -0.25) is 0 Å². The predicted molar refractivity (Wildman–Crippen MR) is 57.9 cm³/mol. The number of urea groups is 1. The summed E-state index contributed by atoms with van der Waals surface area (Å²) in [5.41, 5.74) is 5.09. The first-order chi connectivity index (χ1) is 6.58. The van der Waals surface area contributed by atoms with E-state index in [-0.39, 0.29) is 6.03 Å². The van der Waals surface area contributed by atoms with Gasteiger partial charge in [0.15, 0.2) is 0 Å². The second-order valence-corrected chi connectivity index (χ2v) is 4.86. The highest BCUT2D eigenvalue weighted by molar-refractivity contribution is 5.71. The van der Waals surface area contributed by atoms with E-state index < -0.39 is 0 Å². The quantitative estimate of drug-likeness (QED) is 0.718. The molecule has 0 aromatic rings. The van der Waals surface area contributed by atoms with Gasteiger partial charge in [0.25, 0.3) is 0 Å². The SMILES string of the molecule is CC(C)CC1CCC(NC(N)=O)CC1. The lowest BCUT2D eigenvalue weighted by atomic mass is 9.81. The Balaban J connectivity index is 2.21. The fourth-order valence-corrected chi connectivity index (χ4v) is 2.41. The average Bonchev–Trinajstić information content (AvgIpc) is 2.06. The first-order valence-electron chi connectivity index (χ1n) is 5.64. The molecular formula is C11H22N2O. The summed E-state index contributed by atoms with van der Waals surface area (Å²) in [6.45, 7) is 4.54. The highest BCUT2D eigenvalue weighted by atomic mass is 16.2. The highest BCUT2D eigenvalue weighted by Gasteiger charge is 2.21. The molecule has 3 N–H and O–H groups in total. The van der Waals surface area contributed by atoms with Crippen molar-refractivity contribution in [2.24, 2.45) is 17.6 Å². The van der Waals surface area contributed by atoms with Crippen LogP contribution in [0, 0.1) is 11.8 Å². The van der Waals surface area contributed by atoms with Gasteiger partial charge in [-0.05, 0) is 43.9 Å². The van der Waals surface area contributed by atoms with Crippen molar-refractivity contribution in [1.82, 2.24) is 5.32 Å². The Morgan fingerprint density at radius 2 is 1.93 bits per heavy atom. The van der Waals surface area contributed by atoms with Crippen molar-refractivity contribution < 1.29 is 4.79 Å². The van der Waals surface area contributed by atoms with Crippen LogP contribution in [0.4, 0.5) is 4.79 Å². The normalized spacial score (nSPS) is 27.6. The molecule has 0 saturated heterocycles. The molecule has 1 fully saturated rings. The second kappa shape index (κ2) is 5.23. The molecule has 0 aromatic heterocycles. The fraction of sp³-hybridized carbons (Fsp3) is 0.909. The van der Waals surface area contributed by atoms with Crippen LogP contribution in [0.1, 0.15) is 46.0 Å². The molecule has 0 heterocycles. The summed E-state index contributed by atoms with van der Waals surface area (Å²) >= 11 is 0. The summed E-state index contributed by atoms with van der Waals surface area (Å²) in [4.78, 5) is 10.6. The van der Waals surface area contributed by atoms with E-state index in [1.165, 1.54) is 19.3 Å². The average molecular weight is 198 g/mol. The smallest absolute Gasteiger partial charge is 0.312 e. The number of carbonyl (C=O) groups is 1. The second-order valence-electron chi connectivity index (χ2n) is 4.86. The van der Waals surface area contributed by atoms with Crippen LogP contribution in [0.5, 0.6) is 0 Å². The molecule has 2 amide bonds. The van der Waals surface area contributed by atoms with E-state index in [0.717, 1.165) is 24.7 Å². The zero-order valence-electron chi connectivity index (χ0n) is 9.25. The van der Waals surface area contributed by atoms with Gasteiger partial charge in [0.2, 0.25) is 0 Å². The summed E-state index contributed by atoms with van der Waals surface area (Å²) in [6, 6.07) is -0.0479. The van der Waals surface area contributed by atoms with E-state index in [1.54, 1.807) is 0 Å². The monoisotopic (exact) mass is 198 g/mol. The van der Waals surface area contributed by atoms with E-state index in [0.29, 0.717) is 6.04 Å². The zero-order valence-corrected chi connectivity index (χ0v) is 9.25. The first-order valence-corrected chi connectivity index (χ1v) is 5.64. The summed E-state index contributed by atoms with van der Waals surface area (Å²) in [5.74, 6) is 1.65. The first kappa shape index (κ1) is 11.3. The number of rotatable bonds is 3. The summed E-state index contributed by atoms with van der Waals surface area (Å²) < 4.78 is 0. The van der Waals surface area contributed by atoms with Crippen molar-refractivity contribution in [2.75, 3.05) is 0 Å². The van der Waals surface area contributed by atoms with Crippen molar-refractivity contribution in [3.8, 4) is 0 Å². The Labute approximate surface area is 86.4 Å². The standard InChI is InChI=1S/C11H22N2O/c1-8(2)7-9-3-5-10(6-4-9)13-11(12)14/h8-10H,3-7H2,1-2H3,(H3,12,13,14). The number of amides is 2. The summed E-state index contributed by atoms with van der Waals surface area (Å²) in [5, 5.41) is 2.79. The Morgan fingerprint density at radius 1 is 1.36 bits per heavy atom. The molecule has 0 aromatic carbocycles. The maximum absolute atomic E-state index is 10.6. The van der Waals surface area contributed by atoms with Crippen LogP contribution in [0.2, 0.25) is 0 Å². The predicted octanol–water partition coefficient (Wildman–Crippen LogP) is 2.26. The molecule has 3 nitrogen and oxygen atoms in total. The third-order valence-electron chi connectivity index (χ3n) is 3.00. The summed E-state index contributed by atoms with van der Waals surface area (Å²) in [6.07, 6.45) is 6.00. The third-order valence-corrected chi connectivity index (χ3v) is 3.00. The minimum absolute atomic E-state index is 0.330. The molecule has 1 saturated carbocycles. The molecule has 1 aliphatic rings. The number of primary amides is 1. The molecule has 0 unspecified atom stereocenters. The molecule has 0 aliphatic heterocycles. The molecule has 0 bridgehead atoms. The lowest BCUT2D eigenvalue weighted by molar-refractivity contribution is 0.229. The van der Waals surface area contributed by atoms with E-state index in [2.05, 4.69) is 19.2 Å². The van der Waals surface area contributed by atoms with Crippen molar-refractivity contribution in [2.45, 2.75) is 52.0 Å². The Kier molecular flexibility index (Phi) is 4.23. The van der Waals surface area contributed by atoms with Crippen LogP contribution in [-0.4, -0.2) is 12.1 Å². The van der Waals surface area contributed by atoms with Crippen molar-refractivity contribution in [3.05, 3.63) is 0 Å². The Morgan fingerprint density at radius 3 is 2.36 bits per heavy atom. The van der Waals surface area contributed by atoms with Crippen molar-refractivity contribution >= 4 is 6.03 Å². The van der Waals surface area contributed by atoms with Gasteiger partial charge in [-0.25, -0.2) is 4.79 Å². The molecule has 0 atom stereocenters. The topological polar surface area (TPSA) is 55.1 Å². The van der Waals surface area contributed by atoms with Gasteiger partial charge < -0.3 is 11.1 Å². The number of hydrogen-bond acceptors (Lipinski definition) is 1. The van der Waals surface area contributed by atoms with E-state index >= 15 is 0 Å². The molecule has 0 spiro atoms. The van der Waals surface area contributed by atoms with Crippen molar-refractivity contribution in [1.29, 1.82) is 0 Å². The van der Waals surface area contributed by atoms with Crippen molar-refractivity contribution in [3.63, 3.8) is 0 Å². The van der Waals surface area contributed by atoms with E-state index in [1.807, 2.05) is 0 Å². The lowest BCUT2D eigenvalue weighted by Crippen LogP contribution is -2.40. The molecule has 1 aliphatic carbocycles. The Hall–Kier alpha value is -0.730. The van der Waals surface area contributed by atoms with Crippen LogP contribution in [0.15, 0.2) is 0 Å². The summed E-state index contributed by atoms with van der Waals surface area (Å²) in [7, 11) is 0. The minimum atomic E-state index is -0.377. The maximum Gasteiger partial charge on any atom is 0.312 e. The van der Waals surface area contributed by atoms with Crippen LogP contribution >= 0.6 is 0 Å². The fourth-order valence-electron chi connectivity index (χ4n) is 2.41. The van der Waals surface area contributed by atoms with E-state index in [9.17, 15) is 4.79 Å². The van der Waals surface area contributed by atoms with Gasteiger partial charge in [-0.15, -0.1) is 0 Å². The Bertz CT molecular complexity index is 184. The van der Waals surface area contributed by atoms with Crippen LogP contribution in [0.3, 0.4) is 0 Å². The van der Waals surface area contributed by atoms with Gasteiger partial charge in [-0.2, -0.15) is 0 Å². The number of hydrogen-bond donors (Lipinski definition) is 2. The molecule has 0 radical (unpaired) electrons. The minimum Gasteiger partial charge on any atom is -0.352 e. The molecule has 3 heteroatoms. The van der Waals surface area contributed by atoms with Crippen LogP contribution < -0.4 is 11.1 Å². The molecule has 82 valence electrons. The molecule has 1 rings (SSSR count). The number of nitrogens with one attached hydrogen (secondary N) is 1. The van der Waals surface area contributed by atoms with Gasteiger partial charge >= 0.3 is 6.03 Å². The number of nitrogens with two attached hydrogens (primary N) is 1. The van der Waals surface area contributed by atoms with Gasteiger partial charge in [0, 0.05) is 6.04 Å². The van der Waals surface area contributed by atoms with Crippen LogP contribution in [-0.2, 0) is 0 Å². The third kappa shape index (κ3) is 3.99. The van der Waals surface area contributed by atoms with Gasteiger partial charge in [-0.1, -0.05) is 13.8 Å². The van der Waals surface area contributed by atoms with E-state index in [4.69, 9.17) is 5.73 Å². The lowest BCUT2D eigenvalue weighted by Gasteiger charge is -2.29. The zero-order chi connectivity index (χ0) is 10.6. The molecule has 14 heavy (non-hydrogen) atoms. The highest BCUT2D eigenvalue weighted by Crippen LogP contribution is 2.29. The largest absolute Gasteiger partial charge is 0.352 e.